The van der Waals surface area contributed by atoms with Gasteiger partial charge >= 0.3 is 0 Å². The summed E-state index contributed by atoms with van der Waals surface area (Å²) in [4.78, 5) is 26.0. The maximum atomic E-state index is 13.1. The Bertz CT molecular complexity index is 1950. The number of benzene rings is 4. The van der Waals surface area contributed by atoms with Crippen LogP contribution in [-0.2, 0) is 0 Å². The maximum absolute atomic E-state index is 13.1. The average molecular weight is 747 g/mol. The van der Waals surface area contributed by atoms with Crippen LogP contribution in [0.1, 0.15) is 0 Å². The molecule has 4 N–H and O–H groups in total. The van der Waals surface area contributed by atoms with Crippen molar-refractivity contribution in [1.82, 2.24) is 19.9 Å². The lowest BCUT2D eigenvalue weighted by atomic mass is 10.2. The first-order valence-corrected chi connectivity index (χ1v) is 18.0. The van der Waals surface area contributed by atoms with E-state index in [9.17, 15) is 4.39 Å². The lowest BCUT2D eigenvalue weighted by Crippen LogP contribution is -2.47. The molecule has 0 unspecified atom stereocenters. The van der Waals surface area contributed by atoms with E-state index in [1.807, 2.05) is 36.4 Å². The summed E-state index contributed by atoms with van der Waals surface area (Å²) in [6.07, 6.45) is 3.18. The number of anilines is 6. The first-order valence-electron chi connectivity index (χ1n) is 17.6. The molecule has 2 aromatic heterocycles. The number of ether oxygens (including phenoxy) is 2. The minimum Gasteiger partial charge on any atom is -0.452 e. The first kappa shape index (κ1) is 36.0. The van der Waals surface area contributed by atoms with Gasteiger partial charge in [-0.15, -0.1) is 0 Å². The van der Waals surface area contributed by atoms with E-state index < -0.39 is 0 Å². The van der Waals surface area contributed by atoms with Crippen LogP contribution in [0.25, 0.3) is 0 Å². The van der Waals surface area contributed by atoms with E-state index in [2.05, 4.69) is 75.9 Å². The second-order valence-corrected chi connectivity index (χ2v) is 13.0. The third-order valence-electron chi connectivity index (χ3n) is 8.99. The van der Waals surface area contributed by atoms with Crippen LogP contribution >= 0.6 is 11.6 Å². The van der Waals surface area contributed by atoms with Gasteiger partial charge in [0, 0.05) is 68.8 Å². The van der Waals surface area contributed by atoms with Gasteiger partial charge in [-0.1, -0.05) is 48.0 Å². The average Bonchev–Trinajstić information content (AvgIpc) is 3.22. The van der Waals surface area contributed by atoms with Gasteiger partial charge in [-0.05, 0) is 72.8 Å². The summed E-state index contributed by atoms with van der Waals surface area (Å²) in [5, 5.41) is 0.660. The van der Waals surface area contributed by atoms with E-state index >= 15 is 0 Å². The van der Waals surface area contributed by atoms with E-state index in [0.29, 0.717) is 39.7 Å². The number of aromatic nitrogens is 4. The van der Waals surface area contributed by atoms with E-state index in [-0.39, 0.29) is 17.7 Å². The van der Waals surface area contributed by atoms with Crippen molar-refractivity contribution in [3.8, 4) is 23.0 Å². The van der Waals surface area contributed by atoms with Crippen LogP contribution in [-0.4, -0.2) is 72.3 Å². The largest absolute Gasteiger partial charge is 0.452 e. The maximum Gasteiger partial charge on any atom is 0.222 e. The molecule has 0 atom stereocenters. The highest BCUT2D eigenvalue weighted by atomic mass is 35.5. The Hall–Kier alpha value is -6.34. The van der Waals surface area contributed by atoms with Crippen molar-refractivity contribution in [2.75, 3.05) is 83.4 Å². The highest BCUT2D eigenvalue weighted by Crippen LogP contribution is 2.33. The van der Waals surface area contributed by atoms with Crippen molar-refractivity contribution in [2.24, 2.45) is 0 Å². The molecule has 0 aliphatic carbocycles. The molecular formula is C40H40ClFN10O2. The summed E-state index contributed by atoms with van der Waals surface area (Å²) < 4.78 is 25.0. The highest BCUT2D eigenvalue weighted by molar-refractivity contribution is 6.30. The number of hydrogen-bond acceptors (Lipinski definition) is 12. The van der Waals surface area contributed by atoms with Crippen molar-refractivity contribution in [3.63, 3.8) is 0 Å². The summed E-state index contributed by atoms with van der Waals surface area (Å²) in [5.74, 6) is 3.77. The fourth-order valence-electron chi connectivity index (χ4n) is 6.24. The van der Waals surface area contributed by atoms with Gasteiger partial charge in [-0.3, -0.25) is 0 Å². The molecule has 0 amide bonds. The zero-order valence-electron chi connectivity index (χ0n) is 29.5. The van der Waals surface area contributed by atoms with Crippen molar-refractivity contribution >= 4 is 46.5 Å². The smallest absolute Gasteiger partial charge is 0.222 e. The molecule has 2 fully saturated rings. The molecular weight excluding hydrogens is 707 g/mol. The Balaban J connectivity index is 0.000000167. The van der Waals surface area contributed by atoms with E-state index in [1.54, 1.807) is 36.7 Å². The molecule has 2 saturated heterocycles. The zero-order chi connectivity index (χ0) is 37.3. The standard InChI is InChI=1S/C20H20ClN5O.C20H20FN5O/c2*21-15-6-8-17(9-7-15)27-18-14-23-20(22)24-19(18)26-12-10-25(11-13-26)16-4-2-1-3-5-16/h2*1-9,14H,10-13H2,(H2,22,23,24). The molecule has 14 heteroatoms. The summed E-state index contributed by atoms with van der Waals surface area (Å²) in [6.45, 7) is 6.73. The van der Waals surface area contributed by atoms with Crippen molar-refractivity contribution in [1.29, 1.82) is 0 Å². The van der Waals surface area contributed by atoms with Gasteiger partial charge in [-0.25, -0.2) is 14.4 Å². The minimum atomic E-state index is -0.312. The van der Waals surface area contributed by atoms with Crippen LogP contribution in [0.3, 0.4) is 0 Å². The van der Waals surface area contributed by atoms with E-state index in [1.165, 1.54) is 23.5 Å². The fourth-order valence-corrected chi connectivity index (χ4v) is 6.36. The molecule has 6 aromatic rings. The molecule has 0 radical (unpaired) electrons. The number of rotatable bonds is 8. The molecule has 12 nitrogen and oxygen atoms in total. The van der Waals surface area contributed by atoms with Gasteiger partial charge in [0.15, 0.2) is 23.1 Å². The normalized spacial score (nSPS) is 14.3. The van der Waals surface area contributed by atoms with Gasteiger partial charge in [0.1, 0.15) is 17.3 Å². The number of hydrogen-bond donors (Lipinski definition) is 2. The van der Waals surface area contributed by atoms with Crippen molar-refractivity contribution < 1.29 is 13.9 Å². The molecule has 54 heavy (non-hydrogen) atoms. The third kappa shape index (κ3) is 9.17. The summed E-state index contributed by atoms with van der Waals surface area (Å²) in [7, 11) is 0. The third-order valence-corrected chi connectivity index (χ3v) is 9.25. The van der Waals surface area contributed by atoms with Gasteiger partial charge in [0.2, 0.25) is 11.9 Å². The minimum absolute atomic E-state index is 0.196. The van der Waals surface area contributed by atoms with Crippen LogP contribution in [0.2, 0.25) is 5.02 Å². The first-order chi connectivity index (χ1) is 26.4. The number of piperazine rings is 2. The second-order valence-electron chi connectivity index (χ2n) is 12.6. The van der Waals surface area contributed by atoms with Gasteiger partial charge in [0.05, 0.1) is 12.4 Å². The summed E-state index contributed by atoms with van der Waals surface area (Å²) in [5.41, 5.74) is 14.1. The molecule has 0 bridgehead atoms. The Morgan fingerprint density at radius 2 is 0.870 bits per heavy atom. The van der Waals surface area contributed by atoms with Crippen LogP contribution in [0, 0.1) is 5.82 Å². The number of nitrogen functional groups attached to an aromatic ring is 2. The second kappa shape index (κ2) is 17.0. The molecule has 4 heterocycles. The molecule has 0 saturated carbocycles. The Morgan fingerprint density at radius 1 is 0.500 bits per heavy atom. The van der Waals surface area contributed by atoms with Crippen LogP contribution < -0.4 is 40.5 Å². The lowest BCUT2D eigenvalue weighted by molar-refractivity contribution is 0.472. The number of para-hydroxylation sites is 2. The number of nitrogens with two attached hydrogens (primary N) is 2. The van der Waals surface area contributed by atoms with Crippen molar-refractivity contribution in [3.05, 3.63) is 132 Å². The molecule has 0 spiro atoms. The SMILES string of the molecule is Nc1ncc(Oc2ccc(Cl)cc2)c(N2CCN(c3ccccc3)CC2)n1.Nc1ncc(Oc2ccc(F)cc2)c(N2CCN(c3ccccc3)CC2)n1. The predicted molar refractivity (Wildman–Crippen MR) is 213 cm³/mol. The Kier molecular flexibility index (Phi) is 11.3. The van der Waals surface area contributed by atoms with Crippen LogP contribution in [0.5, 0.6) is 23.0 Å². The highest BCUT2D eigenvalue weighted by Gasteiger charge is 2.24. The number of nitrogens with zero attached hydrogens (tertiary/aromatic N) is 8. The quantitative estimate of drug-likeness (QED) is 0.164. The predicted octanol–water partition coefficient (Wildman–Crippen LogP) is 7.15. The van der Waals surface area contributed by atoms with Crippen LogP contribution in [0.4, 0.5) is 39.3 Å². The molecule has 4 aromatic carbocycles. The van der Waals surface area contributed by atoms with Gasteiger partial charge in [0.25, 0.3) is 0 Å². The van der Waals surface area contributed by atoms with Crippen molar-refractivity contribution in [2.45, 2.75) is 0 Å². The Labute approximate surface area is 318 Å². The van der Waals surface area contributed by atoms with Crippen LogP contribution in [0.15, 0.2) is 122 Å². The zero-order valence-corrected chi connectivity index (χ0v) is 30.3. The fraction of sp³-hybridized carbons (Fsp3) is 0.200. The topological polar surface area (TPSA) is 135 Å². The van der Waals surface area contributed by atoms with E-state index in [4.69, 9.17) is 32.5 Å². The van der Waals surface area contributed by atoms with Gasteiger partial charge in [-0.2, -0.15) is 9.97 Å². The van der Waals surface area contributed by atoms with E-state index in [0.717, 1.165) is 52.4 Å². The summed E-state index contributed by atoms with van der Waals surface area (Å²) in [6, 6.07) is 33.8. The molecule has 8 rings (SSSR count). The Morgan fingerprint density at radius 3 is 1.28 bits per heavy atom. The monoisotopic (exact) mass is 746 g/mol. The summed E-state index contributed by atoms with van der Waals surface area (Å²) >= 11 is 5.94. The number of halogens is 2. The molecule has 276 valence electrons. The van der Waals surface area contributed by atoms with Gasteiger partial charge < -0.3 is 40.5 Å². The lowest BCUT2D eigenvalue weighted by Gasteiger charge is -2.37. The molecule has 2 aliphatic heterocycles. The molecule has 2 aliphatic rings.